The Kier molecular flexibility index (Phi) is 14.9. The second-order valence-corrected chi connectivity index (χ2v) is 12.1. The lowest BCUT2D eigenvalue weighted by atomic mass is 9.82. The number of alkyl carbamates (subject to hydrolysis) is 1. The van der Waals surface area contributed by atoms with E-state index < -0.39 is 78.5 Å². The van der Waals surface area contributed by atoms with E-state index in [4.69, 9.17) is 5.73 Å². The first kappa shape index (κ1) is 39.7. The third-order valence-electron chi connectivity index (χ3n) is 7.06. The van der Waals surface area contributed by atoms with Crippen LogP contribution in [-0.4, -0.2) is 74.3 Å². The van der Waals surface area contributed by atoms with Gasteiger partial charge in [-0.05, 0) is 78.8 Å². The number of hydrogen-bond donors (Lipinski definition) is 5. The summed E-state index contributed by atoms with van der Waals surface area (Å²) in [6.45, 7) is -0.159. The lowest BCUT2D eigenvalue weighted by Gasteiger charge is -2.36. The third-order valence-corrected chi connectivity index (χ3v) is 7.77. The number of halogens is 8. The molecule has 6 N–H and O–H groups in total. The van der Waals surface area contributed by atoms with Crippen LogP contribution in [0.15, 0.2) is 47.5 Å². The maximum atomic E-state index is 14.8. The van der Waals surface area contributed by atoms with Crippen LogP contribution in [0.1, 0.15) is 30.5 Å². The highest BCUT2D eigenvalue weighted by atomic mass is 127. The number of alkyl halides is 5. The Morgan fingerprint density at radius 1 is 1.09 bits per heavy atom. The molecule has 0 fully saturated rings. The number of carbonyl (C=O) groups is 2. The number of aliphatic hydroxyl groups excluding tert-OH is 1. The van der Waals surface area contributed by atoms with E-state index in [1.165, 1.54) is 0 Å². The van der Waals surface area contributed by atoms with Crippen molar-refractivity contribution in [3.05, 3.63) is 74.4 Å². The molecule has 0 aliphatic heterocycles. The van der Waals surface area contributed by atoms with Crippen molar-refractivity contribution in [2.24, 2.45) is 16.1 Å². The Bertz CT molecular complexity index is 1400. The van der Waals surface area contributed by atoms with Crippen LogP contribution in [-0.2, 0) is 22.5 Å². The second-order valence-electron chi connectivity index (χ2n) is 10.9. The summed E-state index contributed by atoms with van der Waals surface area (Å²) in [5.74, 6) is -3.29. The molecule has 0 aromatic heterocycles. The number of nitrogens with zero attached hydrogens (tertiary/aromatic N) is 1. The van der Waals surface area contributed by atoms with E-state index in [2.05, 4.69) is 43.0 Å². The molecule has 0 saturated heterocycles. The number of carbonyl (C=O) groups excluding carboxylic acids is 2. The van der Waals surface area contributed by atoms with Gasteiger partial charge in [-0.15, -0.1) is 0 Å². The normalized spacial score (nSPS) is 14.6. The summed E-state index contributed by atoms with van der Waals surface area (Å²) in [5, 5.41) is 18.0. The standard InChI is InChI=1S/C30H35F7IN5O4/c1-29(2,30(35,36)37)26(43-28(46)47-3)27(45)42-23(10-16-4-6-18(38)7-5-16)24(44)14-41-13-19-20(31)11-17(12-21(19)32)22(39)8-9-40-15-25(33)34/h4-9,11-12,23-26,41,44H,10,13-15,39H2,1-3H3,(H,42,45)(H,43,46)/t23?,24-,26+/m0/s1. The molecular formula is C30H35F7IN5O4. The highest BCUT2D eigenvalue weighted by Crippen LogP contribution is 2.40. The molecule has 0 aliphatic rings. The average Bonchev–Trinajstić information content (AvgIpc) is 2.98. The number of allylic oxidation sites excluding steroid dienone is 1. The number of nitrogens with two attached hydrogens (primary N) is 1. The van der Waals surface area contributed by atoms with Crippen LogP contribution in [0, 0.1) is 20.6 Å². The molecule has 0 spiro atoms. The lowest BCUT2D eigenvalue weighted by molar-refractivity contribution is -0.220. The summed E-state index contributed by atoms with van der Waals surface area (Å²) in [7, 11) is 0.916. The van der Waals surface area contributed by atoms with Crippen molar-refractivity contribution in [2.75, 3.05) is 20.2 Å². The molecule has 2 rings (SSSR count). The number of ether oxygens (including phenoxy) is 1. The van der Waals surface area contributed by atoms with Crippen LogP contribution < -0.4 is 21.7 Å². The molecule has 9 nitrogen and oxygen atoms in total. The molecule has 0 radical (unpaired) electrons. The highest BCUT2D eigenvalue weighted by molar-refractivity contribution is 14.1. The molecule has 260 valence electrons. The van der Waals surface area contributed by atoms with Gasteiger partial charge < -0.3 is 31.5 Å². The number of hydrogen-bond acceptors (Lipinski definition) is 7. The van der Waals surface area contributed by atoms with Crippen molar-refractivity contribution >= 4 is 46.5 Å². The highest BCUT2D eigenvalue weighted by Gasteiger charge is 2.56. The minimum absolute atomic E-state index is 0.0630. The predicted octanol–water partition coefficient (Wildman–Crippen LogP) is 4.70. The summed E-state index contributed by atoms with van der Waals surface area (Å²) in [6, 6.07) is 5.29. The van der Waals surface area contributed by atoms with Crippen LogP contribution in [0.5, 0.6) is 0 Å². The molecule has 0 heterocycles. The minimum atomic E-state index is -4.94. The van der Waals surface area contributed by atoms with Gasteiger partial charge in [-0.25, -0.2) is 22.4 Å². The Morgan fingerprint density at radius 3 is 2.21 bits per heavy atom. The summed E-state index contributed by atoms with van der Waals surface area (Å²) in [5.41, 5.74) is 2.94. The molecule has 17 heteroatoms. The van der Waals surface area contributed by atoms with Gasteiger partial charge >= 0.3 is 12.3 Å². The Labute approximate surface area is 280 Å². The van der Waals surface area contributed by atoms with Gasteiger partial charge in [0.2, 0.25) is 5.91 Å². The van der Waals surface area contributed by atoms with Crippen molar-refractivity contribution in [2.45, 2.75) is 57.6 Å². The van der Waals surface area contributed by atoms with Gasteiger partial charge in [0.05, 0.1) is 31.2 Å². The smallest absolute Gasteiger partial charge is 0.407 e. The van der Waals surface area contributed by atoms with E-state index in [1.807, 2.05) is 5.32 Å². The summed E-state index contributed by atoms with van der Waals surface area (Å²) < 4.78 is 101. The van der Waals surface area contributed by atoms with Gasteiger partial charge in [-0.1, -0.05) is 12.1 Å². The maximum absolute atomic E-state index is 14.8. The number of rotatable bonds is 15. The molecule has 47 heavy (non-hydrogen) atoms. The number of methoxy groups -OCH3 is 1. The number of aliphatic hydroxyl groups is 1. The van der Waals surface area contributed by atoms with E-state index in [1.54, 1.807) is 24.3 Å². The molecule has 2 amide bonds. The molecule has 3 atom stereocenters. The van der Waals surface area contributed by atoms with Crippen molar-refractivity contribution in [1.29, 1.82) is 0 Å². The summed E-state index contributed by atoms with van der Waals surface area (Å²) in [4.78, 5) is 28.5. The fourth-order valence-electron chi connectivity index (χ4n) is 4.13. The SMILES string of the molecule is COC(=O)N[C@H](C(=O)NC(Cc1ccc(I)cc1)[C@@H](O)CNCc1c(F)cc(C(N)=CC=NCC(F)F)cc1F)C(C)(C)C(F)(F)F. The lowest BCUT2D eigenvalue weighted by Crippen LogP contribution is -2.62. The Balaban J connectivity index is 2.25. The molecule has 2 aromatic rings. The summed E-state index contributed by atoms with van der Waals surface area (Å²) in [6.07, 6.45) is -8.36. The zero-order valence-electron chi connectivity index (χ0n) is 25.5. The fourth-order valence-corrected chi connectivity index (χ4v) is 4.49. The largest absolute Gasteiger partial charge is 0.453 e. The summed E-state index contributed by atoms with van der Waals surface area (Å²) >= 11 is 2.06. The second kappa shape index (κ2) is 17.6. The average molecular weight is 790 g/mol. The number of nitrogens with one attached hydrogen (secondary N) is 3. The molecule has 0 bridgehead atoms. The van der Waals surface area contributed by atoms with Crippen LogP contribution in [0.2, 0.25) is 0 Å². The first-order valence-electron chi connectivity index (χ1n) is 13.9. The van der Waals surface area contributed by atoms with Crippen LogP contribution >= 0.6 is 22.6 Å². The van der Waals surface area contributed by atoms with Gasteiger partial charge in [0, 0.05) is 39.7 Å². The van der Waals surface area contributed by atoms with Gasteiger partial charge in [0.15, 0.2) is 0 Å². The molecule has 2 aromatic carbocycles. The third kappa shape index (κ3) is 11.9. The van der Waals surface area contributed by atoms with E-state index in [9.17, 15) is 45.4 Å². The number of benzene rings is 2. The van der Waals surface area contributed by atoms with E-state index >= 15 is 0 Å². The Hall–Kier alpha value is -3.45. The zero-order chi connectivity index (χ0) is 35.5. The van der Waals surface area contributed by atoms with Crippen molar-refractivity contribution in [3.63, 3.8) is 0 Å². The van der Waals surface area contributed by atoms with Crippen molar-refractivity contribution in [1.82, 2.24) is 16.0 Å². The van der Waals surface area contributed by atoms with Crippen LogP contribution in [0.25, 0.3) is 5.70 Å². The molecule has 1 unspecified atom stereocenters. The van der Waals surface area contributed by atoms with Crippen LogP contribution in [0.4, 0.5) is 35.5 Å². The first-order chi connectivity index (χ1) is 21.9. The van der Waals surface area contributed by atoms with Crippen molar-refractivity contribution < 1.29 is 50.2 Å². The molecular weight excluding hydrogens is 754 g/mol. The monoisotopic (exact) mass is 789 g/mol. The predicted molar refractivity (Wildman–Crippen MR) is 170 cm³/mol. The Morgan fingerprint density at radius 2 is 1.68 bits per heavy atom. The molecule has 0 aliphatic carbocycles. The van der Waals surface area contributed by atoms with Crippen LogP contribution in [0.3, 0.4) is 0 Å². The quantitative estimate of drug-likeness (QED) is 0.101. The van der Waals surface area contributed by atoms with E-state index in [-0.39, 0.29) is 24.2 Å². The van der Waals surface area contributed by atoms with Crippen molar-refractivity contribution in [3.8, 4) is 0 Å². The van der Waals surface area contributed by atoms with E-state index in [0.29, 0.717) is 5.56 Å². The maximum Gasteiger partial charge on any atom is 0.407 e. The van der Waals surface area contributed by atoms with Gasteiger partial charge in [0.1, 0.15) is 17.7 Å². The van der Waals surface area contributed by atoms with Gasteiger partial charge in [-0.3, -0.25) is 9.79 Å². The number of aliphatic imine (C=N–C) groups is 1. The topological polar surface area (TPSA) is 138 Å². The van der Waals surface area contributed by atoms with Gasteiger partial charge in [0.25, 0.3) is 6.43 Å². The first-order valence-corrected chi connectivity index (χ1v) is 15.0. The van der Waals surface area contributed by atoms with E-state index in [0.717, 1.165) is 49.0 Å². The minimum Gasteiger partial charge on any atom is -0.453 e. The fraction of sp³-hybridized carbons (Fsp3) is 0.433. The number of amides is 2. The molecule has 0 saturated carbocycles. The zero-order valence-corrected chi connectivity index (χ0v) is 27.6. The van der Waals surface area contributed by atoms with Gasteiger partial charge in [-0.2, -0.15) is 13.2 Å².